The average Bonchev–Trinajstić information content (AvgIpc) is 2.80. The van der Waals surface area contributed by atoms with Gasteiger partial charge in [-0.05, 0) is 48.7 Å². The van der Waals surface area contributed by atoms with Gasteiger partial charge in [-0.3, -0.25) is 13.4 Å². The van der Waals surface area contributed by atoms with Crippen LogP contribution in [0.1, 0.15) is 6.42 Å². The highest BCUT2D eigenvalue weighted by molar-refractivity contribution is 8.27. The van der Waals surface area contributed by atoms with E-state index in [0.29, 0.717) is 17.9 Å². The zero-order chi connectivity index (χ0) is 18.9. The Morgan fingerprint density at radius 3 is 2.27 bits per heavy atom. The van der Waals surface area contributed by atoms with E-state index in [2.05, 4.69) is 5.32 Å². The van der Waals surface area contributed by atoms with Crippen LogP contribution in [0.2, 0.25) is 0 Å². The number of aliphatic hydroxyl groups excluding tert-OH is 1. The van der Waals surface area contributed by atoms with Crippen molar-refractivity contribution in [2.24, 2.45) is 0 Å². The fourth-order valence-electron chi connectivity index (χ4n) is 2.98. The molecule has 4 N–H and O–H groups in total. The Morgan fingerprint density at radius 1 is 1.04 bits per heavy atom. The number of rotatable bonds is 6. The normalized spacial score (nSPS) is 17.9. The Hall–Kier alpha value is -1.91. The van der Waals surface area contributed by atoms with Crippen molar-refractivity contribution in [1.29, 1.82) is 0 Å². The second-order valence-electron chi connectivity index (χ2n) is 5.95. The van der Waals surface area contributed by atoms with Crippen LogP contribution in [0.4, 0.5) is 25.8 Å². The monoisotopic (exact) mass is 385 g/mol. The molecule has 1 heterocycles. The molecule has 2 aromatic carbocycles. The van der Waals surface area contributed by atoms with Crippen molar-refractivity contribution in [3.8, 4) is 0 Å². The minimum Gasteiger partial charge on any atom is -0.392 e. The summed E-state index contributed by atoms with van der Waals surface area (Å²) in [6.07, 6.45) is -0.444. The number of hydrogen-bond acceptors (Lipinski definition) is 6. The van der Waals surface area contributed by atoms with Gasteiger partial charge in [0.2, 0.25) is 0 Å². The summed E-state index contributed by atoms with van der Waals surface area (Å²) in [6, 6.07) is 9.91. The second-order valence-corrected chi connectivity index (χ2v) is 7.73. The number of hydrogen-bond donors (Lipinski definition) is 4. The van der Waals surface area contributed by atoms with Crippen LogP contribution < -0.4 is 13.9 Å². The van der Waals surface area contributed by atoms with E-state index >= 15 is 0 Å². The van der Waals surface area contributed by atoms with Gasteiger partial charge in [0, 0.05) is 13.1 Å². The van der Waals surface area contributed by atoms with E-state index in [-0.39, 0.29) is 13.0 Å². The van der Waals surface area contributed by atoms with E-state index in [1.54, 1.807) is 31.3 Å². The lowest BCUT2D eigenvalue weighted by molar-refractivity contribution is 0.167. The fraction of sp³-hybridized carbons (Fsp3) is 0.294. The molecule has 9 heteroatoms. The van der Waals surface area contributed by atoms with Crippen molar-refractivity contribution in [1.82, 2.24) is 5.32 Å². The summed E-state index contributed by atoms with van der Waals surface area (Å²) < 4.78 is 52.5. The number of anilines is 3. The van der Waals surface area contributed by atoms with E-state index in [4.69, 9.17) is 0 Å². The summed E-state index contributed by atoms with van der Waals surface area (Å²) >= 11 is 0. The van der Waals surface area contributed by atoms with Gasteiger partial charge in [0.05, 0.1) is 17.5 Å². The molecule has 0 aliphatic carbocycles. The molecule has 0 unspecified atom stereocenters. The molecule has 0 saturated carbocycles. The minimum atomic E-state index is -3.74. The Labute approximate surface area is 152 Å². The highest BCUT2D eigenvalue weighted by Crippen LogP contribution is 2.64. The molecule has 0 bridgehead atoms. The highest BCUT2D eigenvalue weighted by Gasteiger charge is 2.43. The van der Waals surface area contributed by atoms with Crippen molar-refractivity contribution < 1.29 is 23.0 Å². The van der Waals surface area contributed by atoms with Crippen molar-refractivity contribution in [3.05, 3.63) is 54.1 Å². The van der Waals surface area contributed by atoms with E-state index in [1.165, 1.54) is 10.4 Å². The molecule has 26 heavy (non-hydrogen) atoms. The fourth-order valence-corrected chi connectivity index (χ4v) is 4.79. The smallest absolute Gasteiger partial charge is 0.151 e. The molecule has 6 nitrogen and oxygen atoms in total. The first-order valence-electron chi connectivity index (χ1n) is 8.09. The summed E-state index contributed by atoms with van der Waals surface area (Å²) in [4.78, 5) is 0. The molecule has 0 amide bonds. The lowest BCUT2D eigenvalue weighted by Crippen LogP contribution is -2.35. The molecule has 0 spiro atoms. The standard InChI is InChI=1S/C17H21F2N3O3S/c1-20-11-12(23)9-10-21-15-7-2-3-8-16(15)22(26(21,24)25)17-13(18)5-4-6-14(17)19/h2-8,12,20,23-25H,9-11H2,1H3/t12-/m0/s1. The molecule has 1 aliphatic heterocycles. The SMILES string of the molecule is CNC[C@@H](O)CCN1c2ccccc2N(c2c(F)cccc2F)S1(O)O. The molecule has 0 aromatic heterocycles. The summed E-state index contributed by atoms with van der Waals surface area (Å²) in [5.41, 5.74) is 0.213. The van der Waals surface area contributed by atoms with Crippen molar-refractivity contribution >= 4 is 28.0 Å². The van der Waals surface area contributed by atoms with Gasteiger partial charge in [0.1, 0.15) is 5.69 Å². The third kappa shape index (κ3) is 3.24. The van der Waals surface area contributed by atoms with E-state index in [1.807, 2.05) is 0 Å². The quantitative estimate of drug-likeness (QED) is 0.610. The number of nitrogens with zero attached hydrogens (tertiary/aromatic N) is 2. The van der Waals surface area contributed by atoms with Gasteiger partial charge < -0.3 is 10.4 Å². The average molecular weight is 385 g/mol. The topological polar surface area (TPSA) is 79.2 Å². The zero-order valence-electron chi connectivity index (χ0n) is 14.1. The number of likely N-dealkylation sites (N-methyl/N-ethyl adjacent to an activating group) is 1. The van der Waals surface area contributed by atoms with E-state index in [9.17, 15) is 23.0 Å². The van der Waals surface area contributed by atoms with Gasteiger partial charge in [-0.2, -0.15) is 0 Å². The maximum Gasteiger partial charge on any atom is 0.151 e. The zero-order valence-corrected chi connectivity index (χ0v) is 15.0. The molecule has 142 valence electrons. The molecule has 3 rings (SSSR count). The first-order valence-corrected chi connectivity index (χ1v) is 9.56. The van der Waals surface area contributed by atoms with Gasteiger partial charge in [0.15, 0.2) is 11.6 Å². The third-order valence-corrected chi connectivity index (χ3v) is 6.00. The Balaban J connectivity index is 2.02. The van der Waals surface area contributed by atoms with Crippen molar-refractivity contribution in [3.63, 3.8) is 0 Å². The van der Waals surface area contributed by atoms with Crippen LogP contribution >= 0.6 is 11.0 Å². The van der Waals surface area contributed by atoms with Crippen LogP contribution in [0.5, 0.6) is 0 Å². The van der Waals surface area contributed by atoms with Gasteiger partial charge in [-0.25, -0.2) is 13.1 Å². The molecule has 0 fully saturated rings. The van der Waals surface area contributed by atoms with Crippen LogP contribution in [0.3, 0.4) is 0 Å². The first-order chi connectivity index (χ1) is 12.4. The first kappa shape index (κ1) is 18.9. The molecular formula is C17H21F2N3O3S. The summed E-state index contributed by atoms with van der Waals surface area (Å²) in [5, 5.41) is 12.8. The third-order valence-electron chi connectivity index (χ3n) is 4.16. The molecular weight excluding hydrogens is 364 g/mol. The molecule has 1 aliphatic rings. The van der Waals surface area contributed by atoms with Gasteiger partial charge >= 0.3 is 0 Å². The number of halogens is 2. The minimum absolute atomic E-state index is 0.106. The van der Waals surface area contributed by atoms with E-state index in [0.717, 1.165) is 16.4 Å². The van der Waals surface area contributed by atoms with Crippen LogP contribution in [0, 0.1) is 11.6 Å². The largest absolute Gasteiger partial charge is 0.392 e. The van der Waals surface area contributed by atoms with Crippen LogP contribution in [-0.2, 0) is 0 Å². The lowest BCUT2D eigenvalue weighted by Gasteiger charge is -2.44. The predicted octanol–water partition coefficient (Wildman–Crippen LogP) is 3.47. The number of fused-ring (bicyclic) bond motifs is 1. The summed E-state index contributed by atoms with van der Waals surface area (Å²) in [6.45, 7) is 0.453. The van der Waals surface area contributed by atoms with Crippen molar-refractivity contribution in [2.75, 3.05) is 28.7 Å². The van der Waals surface area contributed by atoms with Gasteiger partial charge in [-0.15, -0.1) is 0 Å². The highest BCUT2D eigenvalue weighted by atomic mass is 32.3. The predicted molar refractivity (Wildman–Crippen MR) is 99.7 cm³/mol. The van der Waals surface area contributed by atoms with E-state index < -0.39 is 34.4 Å². The molecule has 0 saturated heterocycles. The maximum absolute atomic E-state index is 14.3. The summed E-state index contributed by atoms with van der Waals surface area (Å²) in [5.74, 6) is -1.78. The maximum atomic E-state index is 14.3. The molecule has 1 atom stereocenters. The lowest BCUT2D eigenvalue weighted by atomic mass is 10.2. The number of para-hydroxylation sites is 3. The molecule has 2 aromatic rings. The number of benzene rings is 2. The van der Waals surface area contributed by atoms with Gasteiger partial charge in [-0.1, -0.05) is 18.2 Å². The van der Waals surface area contributed by atoms with Crippen LogP contribution in [0.15, 0.2) is 42.5 Å². The van der Waals surface area contributed by atoms with Crippen molar-refractivity contribution in [2.45, 2.75) is 12.5 Å². The number of aliphatic hydroxyl groups is 1. The Bertz CT molecular complexity index is 773. The van der Waals surface area contributed by atoms with Crippen LogP contribution in [0.25, 0.3) is 0 Å². The second kappa shape index (κ2) is 7.37. The Kier molecular flexibility index (Phi) is 5.35. The van der Waals surface area contributed by atoms with Gasteiger partial charge in [0.25, 0.3) is 0 Å². The summed E-state index contributed by atoms with van der Waals surface area (Å²) in [7, 11) is -2.04. The van der Waals surface area contributed by atoms with Crippen LogP contribution in [-0.4, -0.2) is 40.5 Å². The Morgan fingerprint density at radius 2 is 1.65 bits per heavy atom. The number of nitrogens with one attached hydrogen (secondary N) is 1. The molecule has 0 radical (unpaired) electrons.